The lowest BCUT2D eigenvalue weighted by Gasteiger charge is -2.35. The van der Waals surface area contributed by atoms with Gasteiger partial charge in [0.05, 0.1) is 13.2 Å². The Labute approximate surface area is 111 Å². The lowest BCUT2D eigenvalue weighted by molar-refractivity contribution is -0.145. The Morgan fingerprint density at radius 2 is 2.00 bits per heavy atom. The van der Waals surface area contributed by atoms with E-state index in [4.69, 9.17) is 0 Å². The van der Waals surface area contributed by atoms with Gasteiger partial charge in [-0.2, -0.15) is 0 Å². The first-order valence-corrected chi connectivity index (χ1v) is 6.39. The summed E-state index contributed by atoms with van der Waals surface area (Å²) in [7, 11) is 0. The molecule has 19 heavy (non-hydrogen) atoms. The van der Waals surface area contributed by atoms with E-state index in [0.717, 1.165) is 5.56 Å². The molecule has 1 saturated heterocycles. The van der Waals surface area contributed by atoms with Crippen LogP contribution in [0, 0.1) is 0 Å². The number of amides is 2. The first-order valence-electron chi connectivity index (χ1n) is 6.39. The second-order valence-corrected chi connectivity index (χ2v) is 4.55. The Morgan fingerprint density at radius 1 is 1.26 bits per heavy atom. The fourth-order valence-electron chi connectivity index (χ4n) is 2.25. The Morgan fingerprint density at radius 3 is 2.68 bits per heavy atom. The molecule has 102 valence electrons. The summed E-state index contributed by atoms with van der Waals surface area (Å²) < 4.78 is 12.3. The summed E-state index contributed by atoms with van der Waals surface area (Å²) in [6.45, 7) is -0.180. The van der Waals surface area contributed by atoms with E-state index in [0.29, 0.717) is 13.0 Å². The van der Waals surface area contributed by atoms with Crippen LogP contribution in [0.15, 0.2) is 30.3 Å². The predicted molar refractivity (Wildman–Crippen MR) is 69.2 cm³/mol. The number of piperazine rings is 1. The molecule has 1 aromatic carbocycles. The summed E-state index contributed by atoms with van der Waals surface area (Å²) in [5.41, 5.74) is 0.989. The van der Waals surface area contributed by atoms with Crippen LogP contribution in [-0.4, -0.2) is 42.5 Å². The van der Waals surface area contributed by atoms with Crippen molar-refractivity contribution >= 4 is 11.8 Å². The largest absolute Gasteiger partial charge is 0.345 e. The highest BCUT2D eigenvalue weighted by atomic mass is 19.1. The molecule has 1 aromatic rings. The molecule has 5 heteroatoms. The first-order chi connectivity index (χ1) is 9.22. The molecule has 0 spiro atoms. The zero-order valence-corrected chi connectivity index (χ0v) is 10.6. The van der Waals surface area contributed by atoms with Crippen LogP contribution < -0.4 is 5.32 Å². The lowest BCUT2D eigenvalue weighted by atomic mass is 10.0. The summed E-state index contributed by atoms with van der Waals surface area (Å²) in [5, 5.41) is 2.58. The van der Waals surface area contributed by atoms with Crippen LogP contribution in [0.1, 0.15) is 12.0 Å². The summed E-state index contributed by atoms with van der Waals surface area (Å²) in [6, 6.07) is 8.99. The molecule has 0 radical (unpaired) electrons. The van der Waals surface area contributed by atoms with Crippen molar-refractivity contribution in [3.05, 3.63) is 35.9 Å². The molecule has 1 unspecified atom stereocenters. The van der Waals surface area contributed by atoms with E-state index in [-0.39, 0.29) is 24.8 Å². The minimum Gasteiger partial charge on any atom is -0.345 e. The minimum absolute atomic E-state index is 0.0103. The van der Waals surface area contributed by atoms with E-state index >= 15 is 0 Å². The number of rotatable bonds is 5. The Kier molecular flexibility index (Phi) is 4.49. The van der Waals surface area contributed by atoms with Gasteiger partial charge in [-0.1, -0.05) is 30.3 Å². The molecule has 1 N–H and O–H groups in total. The fraction of sp³-hybridized carbons (Fsp3) is 0.429. The summed E-state index contributed by atoms with van der Waals surface area (Å²) in [6.07, 6.45) is 0.731. The average molecular weight is 264 g/mol. The highest BCUT2D eigenvalue weighted by molar-refractivity contribution is 5.95. The van der Waals surface area contributed by atoms with Crippen molar-refractivity contribution in [3.8, 4) is 0 Å². The average Bonchev–Trinajstić information content (AvgIpc) is 2.43. The monoisotopic (exact) mass is 264 g/mol. The molecule has 1 fully saturated rings. The third-order valence-corrected chi connectivity index (χ3v) is 3.22. The van der Waals surface area contributed by atoms with Crippen molar-refractivity contribution in [1.82, 2.24) is 10.2 Å². The van der Waals surface area contributed by atoms with Crippen molar-refractivity contribution in [3.63, 3.8) is 0 Å². The Bertz CT molecular complexity index is 450. The van der Waals surface area contributed by atoms with Gasteiger partial charge in [0, 0.05) is 13.0 Å². The van der Waals surface area contributed by atoms with Crippen LogP contribution in [0.4, 0.5) is 4.39 Å². The van der Waals surface area contributed by atoms with Gasteiger partial charge in [0.2, 0.25) is 11.8 Å². The highest BCUT2D eigenvalue weighted by Gasteiger charge is 2.33. The molecule has 0 saturated carbocycles. The van der Waals surface area contributed by atoms with Crippen molar-refractivity contribution in [2.75, 3.05) is 19.8 Å². The topological polar surface area (TPSA) is 49.4 Å². The Hall–Kier alpha value is -1.91. The number of hydrogen-bond acceptors (Lipinski definition) is 2. The van der Waals surface area contributed by atoms with Gasteiger partial charge in [0.15, 0.2) is 0 Å². The number of halogens is 1. The number of hydrogen-bond donors (Lipinski definition) is 1. The number of nitrogens with one attached hydrogen (secondary N) is 1. The van der Waals surface area contributed by atoms with E-state index in [1.165, 1.54) is 4.90 Å². The van der Waals surface area contributed by atoms with E-state index in [9.17, 15) is 14.0 Å². The third-order valence-electron chi connectivity index (χ3n) is 3.22. The maximum atomic E-state index is 12.3. The number of alkyl halides is 1. The normalized spacial score (nSPS) is 19.4. The molecule has 0 aromatic heterocycles. The van der Waals surface area contributed by atoms with Crippen LogP contribution in [0.25, 0.3) is 0 Å². The maximum Gasteiger partial charge on any atom is 0.243 e. The highest BCUT2D eigenvalue weighted by Crippen LogP contribution is 2.13. The van der Waals surface area contributed by atoms with Gasteiger partial charge in [-0.25, -0.2) is 0 Å². The van der Waals surface area contributed by atoms with Crippen LogP contribution in [0.2, 0.25) is 0 Å². The smallest absolute Gasteiger partial charge is 0.243 e. The number of benzene rings is 1. The number of carbonyl (C=O) groups is 2. The predicted octanol–water partition coefficient (Wildman–Crippen LogP) is 0.916. The SMILES string of the molecule is O=C1NCC(=O)N(CCCF)C1Cc1ccccc1. The maximum absolute atomic E-state index is 12.3. The number of carbonyl (C=O) groups excluding carboxylic acids is 2. The van der Waals surface area contributed by atoms with Crippen LogP contribution in [0.5, 0.6) is 0 Å². The molecule has 2 amide bonds. The zero-order valence-electron chi connectivity index (χ0n) is 10.6. The van der Waals surface area contributed by atoms with Gasteiger partial charge in [0.25, 0.3) is 0 Å². The molecule has 4 nitrogen and oxygen atoms in total. The van der Waals surface area contributed by atoms with Gasteiger partial charge in [-0.05, 0) is 12.0 Å². The Balaban J connectivity index is 2.12. The van der Waals surface area contributed by atoms with E-state index in [1.54, 1.807) is 0 Å². The molecule has 0 bridgehead atoms. The molecular formula is C14H17FN2O2. The van der Waals surface area contributed by atoms with E-state index < -0.39 is 12.7 Å². The van der Waals surface area contributed by atoms with Gasteiger partial charge in [-0.15, -0.1) is 0 Å². The molecular weight excluding hydrogens is 247 g/mol. The van der Waals surface area contributed by atoms with E-state index in [2.05, 4.69) is 5.32 Å². The quantitative estimate of drug-likeness (QED) is 0.859. The molecule has 1 aliphatic heterocycles. The fourth-order valence-corrected chi connectivity index (χ4v) is 2.25. The van der Waals surface area contributed by atoms with Crippen LogP contribution in [0.3, 0.4) is 0 Å². The van der Waals surface area contributed by atoms with Crippen molar-refractivity contribution in [2.45, 2.75) is 18.9 Å². The second kappa shape index (κ2) is 6.31. The van der Waals surface area contributed by atoms with Crippen molar-refractivity contribution in [2.24, 2.45) is 0 Å². The van der Waals surface area contributed by atoms with Gasteiger partial charge >= 0.3 is 0 Å². The molecule has 0 aliphatic carbocycles. The first kappa shape index (κ1) is 13.5. The van der Waals surface area contributed by atoms with Gasteiger partial charge < -0.3 is 10.2 Å². The molecule has 2 rings (SSSR count). The van der Waals surface area contributed by atoms with Crippen molar-refractivity contribution in [1.29, 1.82) is 0 Å². The minimum atomic E-state index is -0.532. The molecule has 1 atom stereocenters. The van der Waals surface area contributed by atoms with E-state index in [1.807, 2.05) is 30.3 Å². The summed E-state index contributed by atoms with van der Waals surface area (Å²) in [4.78, 5) is 25.2. The van der Waals surface area contributed by atoms with Crippen LogP contribution in [-0.2, 0) is 16.0 Å². The second-order valence-electron chi connectivity index (χ2n) is 4.55. The standard InChI is InChI=1S/C14H17FN2O2/c15-7-4-8-17-12(14(19)16-10-13(17)18)9-11-5-2-1-3-6-11/h1-3,5-6,12H,4,7-10H2,(H,16,19). The van der Waals surface area contributed by atoms with Gasteiger partial charge in [0.1, 0.15) is 6.04 Å². The molecule has 1 heterocycles. The molecule has 1 aliphatic rings. The number of nitrogens with zero attached hydrogens (tertiary/aromatic N) is 1. The summed E-state index contributed by atoms with van der Waals surface area (Å²) in [5.74, 6) is -0.309. The van der Waals surface area contributed by atoms with Gasteiger partial charge in [-0.3, -0.25) is 14.0 Å². The lowest BCUT2D eigenvalue weighted by Crippen LogP contribution is -2.59. The summed E-state index contributed by atoms with van der Waals surface area (Å²) >= 11 is 0. The van der Waals surface area contributed by atoms with Crippen molar-refractivity contribution < 1.29 is 14.0 Å². The zero-order chi connectivity index (χ0) is 13.7. The third kappa shape index (κ3) is 3.30. The van der Waals surface area contributed by atoms with Crippen LogP contribution >= 0.6 is 0 Å².